The number of nitrogens with two attached hydrogens (primary N) is 1. The Morgan fingerprint density at radius 3 is 2.88 bits per heavy atom. The van der Waals surface area contributed by atoms with Gasteiger partial charge < -0.3 is 15.7 Å². The van der Waals surface area contributed by atoms with Gasteiger partial charge in [0.15, 0.2) is 0 Å². The molecule has 0 aromatic carbocycles. The van der Waals surface area contributed by atoms with Gasteiger partial charge in [-0.2, -0.15) is 0 Å². The number of pyridine rings is 1. The second-order valence-corrected chi connectivity index (χ2v) is 4.20. The summed E-state index contributed by atoms with van der Waals surface area (Å²) < 4.78 is 0. The molecule has 2 heterocycles. The van der Waals surface area contributed by atoms with Crippen molar-refractivity contribution >= 4 is 5.82 Å². The Morgan fingerprint density at radius 2 is 2.19 bits per heavy atom. The summed E-state index contributed by atoms with van der Waals surface area (Å²) in [6, 6.07) is 3.82. The summed E-state index contributed by atoms with van der Waals surface area (Å²) in [7, 11) is 0. The summed E-state index contributed by atoms with van der Waals surface area (Å²) >= 11 is 0. The molecule has 1 atom stereocenters. The average molecular weight is 221 g/mol. The Morgan fingerprint density at radius 1 is 1.44 bits per heavy atom. The van der Waals surface area contributed by atoms with Crippen molar-refractivity contribution in [3.8, 4) is 0 Å². The van der Waals surface area contributed by atoms with Crippen LogP contribution in [0.2, 0.25) is 0 Å². The Labute approximate surface area is 96.1 Å². The molecule has 88 valence electrons. The lowest BCUT2D eigenvalue weighted by Crippen LogP contribution is -2.22. The van der Waals surface area contributed by atoms with E-state index in [0.29, 0.717) is 13.0 Å². The fourth-order valence-corrected chi connectivity index (χ4v) is 2.18. The lowest BCUT2D eigenvalue weighted by Gasteiger charge is -2.22. The molecule has 0 bridgehead atoms. The van der Waals surface area contributed by atoms with Crippen LogP contribution in [0.4, 0.5) is 5.82 Å². The minimum atomic E-state index is -0.491. The van der Waals surface area contributed by atoms with Gasteiger partial charge in [-0.1, -0.05) is 6.07 Å². The zero-order chi connectivity index (χ0) is 11.4. The molecule has 0 saturated carbocycles. The number of aromatic nitrogens is 1. The van der Waals surface area contributed by atoms with Gasteiger partial charge in [0.1, 0.15) is 5.82 Å². The molecule has 0 amide bonds. The summed E-state index contributed by atoms with van der Waals surface area (Å²) in [5.41, 5.74) is 6.39. The minimum absolute atomic E-state index is 0.491. The third-order valence-electron chi connectivity index (χ3n) is 3.02. The first-order valence-electron chi connectivity index (χ1n) is 5.91. The van der Waals surface area contributed by atoms with Crippen molar-refractivity contribution in [3.63, 3.8) is 0 Å². The summed E-state index contributed by atoms with van der Waals surface area (Å²) in [5.74, 6) is 0.931. The number of rotatable bonds is 4. The fourth-order valence-electron chi connectivity index (χ4n) is 2.18. The Hall–Kier alpha value is -1.13. The van der Waals surface area contributed by atoms with Crippen molar-refractivity contribution in [2.45, 2.75) is 25.4 Å². The van der Waals surface area contributed by atoms with Gasteiger partial charge in [-0.3, -0.25) is 0 Å². The number of hydrogen-bond donors (Lipinski definition) is 2. The van der Waals surface area contributed by atoms with Crippen molar-refractivity contribution in [2.75, 3.05) is 24.5 Å². The van der Waals surface area contributed by atoms with E-state index in [-0.39, 0.29) is 0 Å². The van der Waals surface area contributed by atoms with Gasteiger partial charge in [-0.25, -0.2) is 4.98 Å². The molecule has 2 rings (SSSR count). The summed E-state index contributed by atoms with van der Waals surface area (Å²) in [4.78, 5) is 6.63. The number of aliphatic hydroxyl groups is 1. The highest BCUT2D eigenvalue weighted by Gasteiger charge is 2.20. The molecule has 0 radical (unpaired) electrons. The van der Waals surface area contributed by atoms with E-state index < -0.39 is 6.10 Å². The highest BCUT2D eigenvalue weighted by atomic mass is 16.3. The van der Waals surface area contributed by atoms with Gasteiger partial charge in [0.05, 0.1) is 6.10 Å². The van der Waals surface area contributed by atoms with Crippen LogP contribution in [0.1, 0.15) is 30.9 Å². The second-order valence-electron chi connectivity index (χ2n) is 4.20. The number of nitrogens with zero attached hydrogens (tertiary/aromatic N) is 2. The van der Waals surface area contributed by atoms with Crippen molar-refractivity contribution < 1.29 is 5.11 Å². The molecule has 16 heavy (non-hydrogen) atoms. The molecule has 0 spiro atoms. The van der Waals surface area contributed by atoms with Crippen LogP contribution >= 0.6 is 0 Å². The van der Waals surface area contributed by atoms with Crippen LogP contribution in [0.25, 0.3) is 0 Å². The first-order valence-corrected chi connectivity index (χ1v) is 5.91. The Bertz CT molecular complexity index is 337. The first-order chi connectivity index (χ1) is 7.83. The first kappa shape index (κ1) is 11.4. The molecule has 1 aliphatic heterocycles. The van der Waals surface area contributed by atoms with E-state index in [1.165, 1.54) is 12.8 Å². The van der Waals surface area contributed by atoms with E-state index >= 15 is 0 Å². The van der Waals surface area contributed by atoms with Crippen LogP contribution in [0.15, 0.2) is 18.3 Å². The van der Waals surface area contributed by atoms with Crippen LogP contribution in [0.5, 0.6) is 0 Å². The standard InChI is InChI=1S/C12H19N3O/c13-6-5-11(16)10-4-3-7-14-12(10)15-8-1-2-9-15/h3-4,7,11,16H,1-2,5-6,8-9,13H2/t11-/m0/s1. The van der Waals surface area contributed by atoms with Crippen LogP contribution in [-0.2, 0) is 0 Å². The van der Waals surface area contributed by atoms with Gasteiger partial charge in [0.25, 0.3) is 0 Å². The lowest BCUT2D eigenvalue weighted by atomic mass is 10.1. The van der Waals surface area contributed by atoms with Gasteiger partial charge in [0, 0.05) is 24.8 Å². The van der Waals surface area contributed by atoms with E-state index in [1.54, 1.807) is 6.20 Å². The van der Waals surface area contributed by atoms with Gasteiger partial charge in [0.2, 0.25) is 0 Å². The largest absolute Gasteiger partial charge is 0.388 e. The molecule has 0 aliphatic carbocycles. The third-order valence-corrected chi connectivity index (χ3v) is 3.02. The maximum absolute atomic E-state index is 10.0. The molecule has 1 fully saturated rings. The summed E-state index contributed by atoms with van der Waals surface area (Å²) in [6.07, 6.45) is 4.31. The predicted octanol–water partition coefficient (Wildman–Crippen LogP) is 1.06. The second kappa shape index (κ2) is 5.27. The third kappa shape index (κ3) is 2.33. The normalized spacial score (nSPS) is 17.8. The lowest BCUT2D eigenvalue weighted by molar-refractivity contribution is 0.170. The highest BCUT2D eigenvalue weighted by Crippen LogP contribution is 2.27. The quantitative estimate of drug-likeness (QED) is 0.798. The van der Waals surface area contributed by atoms with E-state index in [4.69, 9.17) is 5.73 Å². The van der Waals surface area contributed by atoms with E-state index in [9.17, 15) is 5.11 Å². The zero-order valence-corrected chi connectivity index (χ0v) is 9.47. The SMILES string of the molecule is NCC[C@H](O)c1cccnc1N1CCCC1. The number of anilines is 1. The minimum Gasteiger partial charge on any atom is -0.388 e. The molecule has 3 N–H and O–H groups in total. The Balaban J connectivity index is 2.22. The van der Waals surface area contributed by atoms with Crippen LogP contribution < -0.4 is 10.6 Å². The van der Waals surface area contributed by atoms with Gasteiger partial charge in [-0.15, -0.1) is 0 Å². The molecule has 1 aliphatic rings. The summed E-state index contributed by atoms with van der Waals surface area (Å²) in [5, 5.41) is 10.0. The molecule has 1 aromatic rings. The van der Waals surface area contributed by atoms with Crippen molar-refractivity contribution in [3.05, 3.63) is 23.9 Å². The predicted molar refractivity (Wildman–Crippen MR) is 64.3 cm³/mol. The summed E-state index contributed by atoms with van der Waals surface area (Å²) in [6.45, 7) is 2.58. The maximum atomic E-state index is 10.0. The van der Waals surface area contributed by atoms with E-state index in [0.717, 1.165) is 24.5 Å². The molecule has 4 nitrogen and oxygen atoms in total. The number of aliphatic hydroxyl groups excluding tert-OH is 1. The van der Waals surface area contributed by atoms with Crippen molar-refractivity contribution in [2.24, 2.45) is 5.73 Å². The number of hydrogen-bond acceptors (Lipinski definition) is 4. The van der Waals surface area contributed by atoms with Crippen molar-refractivity contribution in [1.82, 2.24) is 4.98 Å². The van der Waals surface area contributed by atoms with Crippen LogP contribution in [0.3, 0.4) is 0 Å². The van der Waals surface area contributed by atoms with E-state index in [1.807, 2.05) is 12.1 Å². The molecule has 1 saturated heterocycles. The monoisotopic (exact) mass is 221 g/mol. The molecule has 4 heteroatoms. The topological polar surface area (TPSA) is 62.4 Å². The fraction of sp³-hybridized carbons (Fsp3) is 0.583. The van der Waals surface area contributed by atoms with Crippen LogP contribution in [0, 0.1) is 0 Å². The molecular formula is C12H19N3O. The molecular weight excluding hydrogens is 202 g/mol. The smallest absolute Gasteiger partial charge is 0.134 e. The van der Waals surface area contributed by atoms with Crippen LogP contribution in [-0.4, -0.2) is 29.7 Å². The van der Waals surface area contributed by atoms with Gasteiger partial charge >= 0.3 is 0 Å². The van der Waals surface area contributed by atoms with Crippen molar-refractivity contribution in [1.29, 1.82) is 0 Å². The molecule has 0 unspecified atom stereocenters. The van der Waals surface area contributed by atoms with Gasteiger partial charge in [-0.05, 0) is 31.9 Å². The molecule has 1 aromatic heterocycles. The zero-order valence-electron chi connectivity index (χ0n) is 9.47. The highest BCUT2D eigenvalue weighted by molar-refractivity contribution is 5.48. The Kier molecular flexibility index (Phi) is 3.74. The average Bonchev–Trinajstić information content (AvgIpc) is 2.83. The maximum Gasteiger partial charge on any atom is 0.134 e. The van der Waals surface area contributed by atoms with E-state index in [2.05, 4.69) is 9.88 Å².